The first-order valence-corrected chi connectivity index (χ1v) is 32.7. The van der Waals surface area contributed by atoms with Gasteiger partial charge >= 0.3 is 17.9 Å². The van der Waals surface area contributed by atoms with E-state index in [4.69, 9.17) is 14.2 Å². The van der Waals surface area contributed by atoms with Crippen molar-refractivity contribution in [3.63, 3.8) is 0 Å². The third-order valence-corrected chi connectivity index (χ3v) is 15.0. The summed E-state index contributed by atoms with van der Waals surface area (Å²) in [7, 11) is 0. The van der Waals surface area contributed by atoms with Crippen molar-refractivity contribution in [2.75, 3.05) is 13.2 Å². The fourth-order valence-corrected chi connectivity index (χ4v) is 10.1. The van der Waals surface area contributed by atoms with Crippen molar-refractivity contribution in [3.05, 3.63) is 12.2 Å². The minimum atomic E-state index is -0.769. The lowest BCUT2D eigenvalue weighted by atomic mass is 10.0. The summed E-state index contributed by atoms with van der Waals surface area (Å²) in [4.78, 5) is 38.3. The maximum absolute atomic E-state index is 12.9. The van der Waals surface area contributed by atoms with Gasteiger partial charge in [-0.25, -0.2) is 0 Å². The molecular formula is C66H126O6. The van der Waals surface area contributed by atoms with Gasteiger partial charge in [0.2, 0.25) is 0 Å². The molecular weight excluding hydrogens is 889 g/mol. The van der Waals surface area contributed by atoms with Crippen molar-refractivity contribution in [1.82, 2.24) is 0 Å². The molecule has 1 unspecified atom stereocenters. The van der Waals surface area contributed by atoms with Crippen LogP contribution in [0.15, 0.2) is 12.2 Å². The number of carbonyl (C=O) groups excluding carboxylic acids is 3. The van der Waals surface area contributed by atoms with E-state index in [0.29, 0.717) is 19.3 Å². The lowest BCUT2D eigenvalue weighted by Gasteiger charge is -2.18. The van der Waals surface area contributed by atoms with Crippen molar-refractivity contribution < 1.29 is 28.6 Å². The first-order valence-electron chi connectivity index (χ1n) is 32.7. The molecule has 0 amide bonds. The standard InChI is InChI=1S/C66H126O6/c1-4-7-10-13-16-19-22-25-28-30-31-32-33-34-35-36-39-41-44-47-50-53-56-59-65(68)71-62-63(61-70-64(67)58-55-52-49-46-43-40-37-27-24-21-18-15-12-9-6-3)72-66(69)60-57-54-51-48-45-42-38-29-26-23-20-17-14-11-8-5-2/h27,37,63H,4-26,28-36,38-62H2,1-3H3/b37-27-. The summed E-state index contributed by atoms with van der Waals surface area (Å²) in [6.45, 7) is 6.71. The maximum atomic E-state index is 12.9. The summed E-state index contributed by atoms with van der Waals surface area (Å²) < 4.78 is 17.0. The van der Waals surface area contributed by atoms with Gasteiger partial charge in [0.1, 0.15) is 13.2 Å². The zero-order valence-electron chi connectivity index (χ0n) is 49.0. The fraction of sp³-hybridized carbons (Fsp3) is 0.924. The molecule has 0 heterocycles. The molecule has 1 atom stereocenters. The number of esters is 3. The van der Waals surface area contributed by atoms with E-state index >= 15 is 0 Å². The van der Waals surface area contributed by atoms with Gasteiger partial charge in [-0.2, -0.15) is 0 Å². The third kappa shape index (κ3) is 59.0. The van der Waals surface area contributed by atoms with Gasteiger partial charge in [-0.1, -0.05) is 322 Å². The van der Waals surface area contributed by atoms with E-state index in [0.717, 1.165) is 64.2 Å². The van der Waals surface area contributed by atoms with Crippen LogP contribution in [0, 0.1) is 0 Å². The van der Waals surface area contributed by atoms with Gasteiger partial charge in [-0.05, 0) is 44.9 Å². The average Bonchev–Trinajstić information content (AvgIpc) is 3.38. The second-order valence-corrected chi connectivity index (χ2v) is 22.4. The highest BCUT2D eigenvalue weighted by Crippen LogP contribution is 2.18. The Morgan fingerprint density at radius 2 is 0.458 bits per heavy atom. The Labute approximate surface area is 450 Å². The van der Waals surface area contributed by atoms with Crippen LogP contribution in [0.2, 0.25) is 0 Å². The molecule has 0 saturated heterocycles. The van der Waals surface area contributed by atoms with Crippen LogP contribution in [0.1, 0.15) is 374 Å². The highest BCUT2D eigenvalue weighted by molar-refractivity contribution is 5.71. The van der Waals surface area contributed by atoms with E-state index in [1.807, 2.05) is 0 Å². The quantitative estimate of drug-likeness (QED) is 0.0261. The molecule has 0 spiro atoms. The van der Waals surface area contributed by atoms with Gasteiger partial charge in [-0.3, -0.25) is 14.4 Å². The van der Waals surface area contributed by atoms with E-state index in [2.05, 4.69) is 32.9 Å². The smallest absolute Gasteiger partial charge is 0.306 e. The number of hydrogen-bond acceptors (Lipinski definition) is 6. The highest BCUT2D eigenvalue weighted by atomic mass is 16.6. The van der Waals surface area contributed by atoms with Crippen molar-refractivity contribution in [2.24, 2.45) is 0 Å². The van der Waals surface area contributed by atoms with Crippen LogP contribution in [0.4, 0.5) is 0 Å². The second kappa shape index (κ2) is 61.7. The number of unbranched alkanes of at least 4 members (excludes halogenated alkanes) is 48. The van der Waals surface area contributed by atoms with Gasteiger partial charge < -0.3 is 14.2 Å². The number of hydrogen-bond donors (Lipinski definition) is 0. The molecule has 0 aliphatic carbocycles. The summed E-state index contributed by atoms with van der Waals surface area (Å²) >= 11 is 0. The summed E-state index contributed by atoms with van der Waals surface area (Å²) in [6, 6.07) is 0. The number of carbonyl (C=O) groups is 3. The van der Waals surface area contributed by atoms with Gasteiger partial charge in [-0.15, -0.1) is 0 Å². The normalized spacial score (nSPS) is 12.0. The van der Waals surface area contributed by atoms with Crippen molar-refractivity contribution in [2.45, 2.75) is 380 Å². The SMILES string of the molecule is CCCCCCCC/C=C\CCCCCCCC(=O)OCC(COC(=O)CCCCCCCCCCCCCCCCCCCCCCCCC)OC(=O)CCCCCCCCCCCCCCCCCC. The van der Waals surface area contributed by atoms with Crippen LogP contribution in [-0.4, -0.2) is 37.2 Å². The Hall–Kier alpha value is -1.85. The summed E-state index contributed by atoms with van der Waals surface area (Å²) in [5, 5.41) is 0. The van der Waals surface area contributed by atoms with Crippen LogP contribution >= 0.6 is 0 Å². The molecule has 0 aliphatic rings. The minimum Gasteiger partial charge on any atom is -0.462 e. The third-order valence-electron chi connectivity index (χ3n) is 15.0. The van der Waals surface area contributed by atoms with Crippen LogP contribution in [-0.2, 0) is 28.6 Å². The van der Waals surface area contributed by atoms with Crippen LogP contribution in [0.3, 0.4) is 0 Å². The predicted molar refractivity (Wildman–Crippen MR) is 312 cm³/mol. The summed E-state index contributed by atoms with van der Waals surface area (Å²) in [5.74, 6) is -0.843. The van der Waals surface area contributed by atoms with E-state index in [1.54, 1.807) is 0 Å². The molecule has 0 aliphatic heterocycles. The lowest BCUT2D eigenvalue weighted by molar-refractivity contribution is -0.167. The van der Waals surface area contributed by atoms with E-state index < -0.39 is 6.10 Å². The summed E-state index contributed by atoms with van der Waals surface area (Å²) in [6.07, 6.45) is 72.2. The molecule has 0 rings (SSSR count). The molecule has 72 heavy (non-hydrogen) atoms. The first-order chi connectivity index (χ1) is 35.5. The topological polar surface area (TPSA) is 78.9 Å². The van der Waals surface area contributed by atoms with E-state index in [1.165, 1.54) is 270 Å². The molecule has 0 aromatic rings. The monoisotopic (exact) mass is 1010 g/mol. The van der Waals surface area contributed by atoms with E-state index in [-0.39, 0.29) is 31.1 Å². The largest absolute Gasteiger partial charge is 0.462 e. The average molecular weight is 1020 g/mol. The minimum absolute atomic E-state index is 0.0659. The molecule has 6 heteroatoms. The Morgan fingerprint density at radius 1 is 0.264 bits per heavy atom. The molecule has 0 aromatic carbocycles. The highest BCUT2D eigenvalue weighted by Gasteiger charge is 2.19. The number of ether oxygens (including phenoxy) is 3. The van der Waals surface area contributed by atoms with Crippen LogP contribution in [0.25, 0.3) is 0 Å². The molecule has 6 nitrogen and oxygen atoms in total. The molecule has 0 saturated carbocycles. The van der Waals surface area contributed by atoms with Gasteiger partial charge in [0.05, 0.1) is 0 Å². The lowest BCUT2D eigenvalue weighted by Crippen LogP contribution is -2.30. The van der Waals surface area contributed by atoms with Gasteiger partial charge in [0.15, 0.2) is 6.10 Å². The van der Waals surface area contributed by atoms with Crippen molar-refractivity contribution in [3.8, 4) is 0 Å². The van der Waals surface area contributed by atoms with Crippen LogP contribution in [0.5, 0.6) is 0 Å². The summed E-state index contributed by atoms with van der Waals surface area (Å²) in [5.41, 5.74) is 0. The molecule has 0 radical (unpaired) electrons. The number of allylic oxidation sites excluding steroid dienone is 2. The molecule has 426 valence electrons. The fourth-order valence-electron chi connectivity index (χ4n) is 10.1. The molecule has 0 aromatic heterocycles. The number of rotatable bonds is 61. The zero-order chi connectivity index (χ0) is 52.2. The molecule has 0 bridgehead atoms. The molecule has 0 N–H and O–H groups in total. The second-order valence-electron chi connectivity index (χ2n) is 22.4. The zero-order valence-corrected chi connectivity index (χ0v) is 49.0. The Balaban J connectivity index is 4.25. The predicted octanol–water partition coefficient (Wildman–Crippen LogP) is 22.1. The van der Waals surface area contributed by atoms with Crippen molar-refractivity contribution >= 4 is 17.9 Å². The van der Waals surface area contributed by atoms with Crippen molar-refractivity contribution in [1.29, 1.82) is 0 Å². The van der Waals surface area contributed by atoms with Crippen LogP contribution < -0.4 is 0 Å². The maximum Gasteiger partial charge on any atom is 0.306 e. The first kappa shape index (κ1) is 70.1. The Kier molecular flexibility index (Phi) is 60.1. The Morgan fingerprint density at radius 3 is 0.694 bits per heavy atom. The molecule has 0 fully saturated rings. The van der Waals surface area contributed by atoms with E-state index in [9.17, 15) is 14.4 Å². The Bertz CT molecular complexity index is 1120. The van der Waals surface area contributed by atoms with Gasteiger partial charge in [0.25, 0.3) is 0 Å². The van der Waals surface area contributed by atoms with Gasteiger partial charge in [0, 0.05) is 19.3 Å².